The molecule has 2 aromatic heterocycles. The molecule has 0 saturated carbocycles. The lowest BCUT2D eigenvalue weighted by molar-refractivity contribution is 0.583. The van der Waals surface area contributed by atoms with E-state index >= 15 is 0 Å². The molecule has 0 fully saturated rings. The number of hydrogen-bond donors (Lipinski definition) is 2. The van der Waals surface area contributed by atoms with Gasteiger partial charge in [0.05, 0.1) is 32.9 Å². The number of nitriles is 1. The van der Waals surface area contributed by atoms with Gasteiger partial charge in [0.15, 0.2) is 5.65 Å². The third kappa shape index (κ3) is 4.61. The Morgan fingerprint density at radius 2 is 1.94 bits per heavy atom. The standard InChI is InChI=1S/C21H16BrClN6O2S/c22-17-13-26-29-20(11-19(28-21(17)29)16-6-1-2-7-18(16)23)25-8-9-27-32(30,31)15-5-3-4-14(10-15)12-24/h1-7,10-11,13,25,27H,8-9H2. The molecule has 0 amide bonds. The fourth-order valence-corrected chi connectivity index (χ4v) is 4.72. The molecule has 8 nitrogen and oxygen atoms in total. The Labute approximate surface area is 198 Å². The van der Waals surface area contributed by atoms with Crippen LogP contribution in [0.5, 0.6) is 0 Å². The van der Waals surface area contributed by atoms with Crippen LogP contribution in [0.3, 0.4) is 0 Å². The zero-order chi connectivity index (χ0) is 22.7. The van der Waals surface area contributed by atoms with Crippen LogP contribution in [0.4, 0.5) is 5.82 Å². The van der Waals surface area contributed by atoms with Gasteiger partial charge in [-0.25, -0.2) is 18.1 Å². The van der Waals surface area contributed by atoms with Crippen LogP contribution in [0, 0.1) is 11.3 Å². The van der Waals surface area contributed by atoms with Crippen LogP contribution in [0.15, 0.2) is 70.2 Å². The van der Waals surface area contributed by atoms with E-state index in [2.05, 4.69) is 36.1 Å². The Balaban J connectivity index is 1.53. The third-order valence-electron chi connectivity index (χ3n) is 4.58. The lowest BCUT2D eigenvalue weighted by Crippen LogP contribution is -2.29. The van der Waals surface area contributed by atoms with Gasteiger partial charge in [0.25, 0.3) is 0 Å². The molecule has 0 spiro atoms. The summed E-state index contributed by atoms with van der Waals surface area (Å²) in [5, 5.41) is 17.1. The zero-order valence-electron chi connectivity index (χ0n) is 16.5. The van der Waals surface area contributed by atoms with Gasteiger partial charge in [-0.05, 0) is 40.2 Å². The second-order valence-electron chi connectivity index (χ2n) is 6.70. The molecule has 0 bridgehead atoms. The molecule has 162 valence electrons. The summed E-state index contributed by atoms with van der Waals surface area (Å²) in [6.45, 7) is 0.405. The van der Waals surface area contributed by atoms with Crippen molar-refractivity contribution in [2.45, 2.75) is 4.90 Å². The molecular weight excluding hydrogens is 516 g/mol. The predicted molar refractivity (Wildman–Crippen MR) is 126 cm³/mol. The van der Waals surface area contributed by atoms with Crippen LogP contribution >= 0.6 is 27.5 Å². The van der Waals surface area contributed by atoms with E-state index in [1.807, 2.05) is 24.3 Å². The number of halogens is 2. The maximum absolute atomic E-state index is 12.5. The highest BCUT2D eigenvalue weighted by Gasteiger charge is 2.15. The summed E-state index contributed by atoms with van der Waals surface area (Å²) in [6.07, 6.45) is 1.63. The largest absolute Gasteiger partial charge is 0.369 e. The number of nitrogens with zero attached hydrogens (tertiary/aromatic N) is 4. The van der Waals surface area contributed by atoms with E-state index in [4.69, 9.17) is 16.9 Å². The van der Waals surface area contributed by atoms with Gasteiger partial charge >= 0.3 is 0 Å². The molecule has 0 aliphatic heterocycles. The zero-order valence-corrected chi connectivity index (χ0v) is 19.6. The number of sulfonamides is 1. The van der Waals surface area contributed by atoms with Crippen LogP contribution in [0.25, 0.3) is 16.9 Å². The summed E-state index contributed by atoms with van der Waals surface area (Å²) in [4.78, 5) is 4.68. The molecule has 0 unspecified atom stereocenters. The van der Waals surface area contributed by atoms with E-state index < -0.39 is 10.0 Å². The number of fused-ring (bicyclic) bond motifs is 1. The minimum Gasteiger partial charge on any atom is -0.369 e. The van der Waals surface area contributed by atoms with Gasteiger partial charge in [0.1, 0.15) is 5.82 Å². The number of anilines is 1. The normalized spacial score (nSPS) is 11.4. The van der Waals surface area contributed by atoms with E-state index in [0.29, 0.717) is 26.7 Å². The van der Waals surface area contributed by atoms with E-state index in [0.717, 1.165) is 5.56 Å². The summed E-state index contributed by atoms with van der Waals surface area (Å²) in [7, 11) is -3.74. The van der Waals surface area contributed by atoms with Gasteiger partial charge in [-0.3, -0.25) is 0 Å². The average Bonchev–Trinajstić information content (AvgIpc) is 3.18. The monoisotopic (exact) mass is 530 g/mol. The van der Waals surface area contributed by atoms with Crippen LogP contribution in [-0.4, -0.2) is 36.1 Å². The molecule has 11 heteroatoms. The molecule has 32 heavy (non-hydrogen) atoms. The van der Waals surface area contributed by atoms with E-state index in [1.54, 1.807) is 28.9 Å². The van der Waals surface area contributed by atoms with Gasteiger partial charge in [0.2, 0.25) is 10.0 Å². The topological polar surface area (TPSA) is 112 Å². The first-order valence-corrected chi connectivity index (χ1v) is 12.1. The number of rotatable bonds is 7. The van der Waals surface area contributed by atoms with Gasteiger partial charge in [0, 0.05) is 29.7 Å². The molecule has 0 aliphatic rings. The second kappa shape index (κ2) is 9.26. The molecule has 0 saturated heterocycles. The van der Waals surface area contributed by atoms with Crippen molar-refractivity contribution >= 4 is 49.0 Å². The maximum Gasteiger partial charge on any atom is 0.240 e. The smallest absolute Gasteiger partial charge is 0.240 e. The Morgan fingerprint density at radius 3 is 2.72 bits per heavy atom. The fraction of sp³-hybridized carbons (Fsp3) is 0.0952. The minimum atomic E-state index is -3.74. The van der Waals surface area contributed by atoms with E-state index in [9.17, 15) is 8.42 Å². The molecule has 0 aliphatic carbocycles. The highest BCUT2D eigenvalue weighted by Crippen LogP contribution is 2.30. The van der Waals surface area contributed by atoms with Crippen molar-refractivity contribution in [3.05, 3.63) is 75.9 Å². The Bertz CT molecular complexity index is 1450. The Kier molecular flexibility index (Phi) is 6.43. The lowest BCUT2D eigenvalue weighted by atomic mass is 10.1. The minimum absolute atomic E-state index is 0.0415. The number of benzene rings is 2. The summed E-state index contributed by atoms with van der Waals surface area (Å²) in [5.41, 5.74) is 2.30. The first-order valence-electron chi connectivity index (χ1n) is 9.42. The van der Waals surface area contributed by atoms with Gasteiger partial charge < -0.3 is 5.32 Å². The SMILES string of the molecule is N#Cc1cccc(S(=O)(=O)NCCNc2cc(-c3ccccc3Cl)nc3c(Br)cnn23)c1. The number of nitrogens with one attached hydrogen (secondary N) is 2. The molecule has 4 aromatic rings. The Morgan fingerprint density at radius 1 is 1.12 bits per heavy atom. The van der Waals surface area contributed by atoms with E-state index in [-0.39, 0.29) is 23.5 Å². The van der Waals surface area contributed by atoms with Gasteiger partial charge in [-0.15, -0.1) is 0 Å². The van der Waals surface area contributed by atoms with Crippen molar-refractivity contribution in [2.24, 2.45) is 0 Å². The summed E-state index contributed by atoms with van der Waals surface area (Å²) in [5.74, 6) is 0.626. The molecule has 0 atom stereocenters. The Hall–Kier alpha value is -2.97. The molecule has 2 N–H and O–H groups in total. The van der Waals surface area contributed by atoms with Gasteiger partial charge in [-0.2, -0.15) is 14.9 Å². The van der Waals surface area contributed by atoms with Gasteiger partial charge in [-0.1, -0.05) is 35.9 Å². The van der Waals surface area contributed by atoms with Crippen LogP contribution in [0.2, 0.25) is 5.02 Å². The quantitative estimate of drug-likeness (QED) is 0.348. The first-order chi connectivity index (χ1) is 15.4. The van der Waals surface area contributed by atoms with Crippen molar-refractivity contribution in [1.29, 1.82) is 5.26 Å². The van der Waals surface area contributed by atoms with Crippen LogP contribution in [-0.2, 0) is 10.0 Å². The van der Waals surface area contributed by atoms with Crippen molar-refractivity contribution in [1.82, 2.24) is 19.3 Å². The van der Waals surface area contributed by atoms with E-state index in [1.165, 1.54) is 18.2 Å². The maximum atomic E-state index is 12.5. The summed E-state index contributed by atoms with van der Waals surface area (Å²) < 4.78 is 29.9. The lowest BCUT2D eigenvalue weighted by Gasteiger charge is -2.12. The number of aromatic nitrogens is 3. The van der Waals surface area contributed by atoms with Crippen molar-refractivity contribution in [2.75, 3.05) is 18.4 Å². The molecular formula is C21H16BrClN6O2S. The molecule has 2 aromatic carbocycles. The van der Waals surface area contributed by atoms with Crippen molar-refractivity contribution in [3.63, 3.8) is 0 Å². The van der Waals surface area contributed by atoms with Crippen molar-refractivity contribution < 1.29 is 8.42 Å². The third-order valence-corrected chi connectivity index (χ3v) is 6.92. The first kappa shape index (κ1) is 22.2. The molecule has 2 heterocycles. The summed E-state index contributed by atoms with van der Waals surface area (Å²) >= 11 is 9.79. The predicted octanol–water partition coefficient (Wildman–Crippen LogP) is 4.07. The van der Waals surface area contributed by atoms with Crippen LogP contribution in [0.1, 0.15) is 5.56 Å². The average molecular weight is 532 g/mol. The van der Waals surface area contributed by atoms with Crippen molar-refractivity contribution in [3.8, 4) is 17.3 Å². The molecule has 4 rings (SSSR count). The molecule has 0 radical (unpaired) electrons. The summed E-state index contributed by atoms with van der Waals surface area (Å²) in [6, 6.07) is 17.0. The highest BCUT2D eigenvalue weighted by atomic mass is 79.9. The number of hydrogen-bond acceptors (Lipinski definition) is 6. The second-order valence-corrected chi connectivity index (χ2v) is 9.73. The fourth-order valence-electron chi connectivity index (χ4n) is 3.06. The van der Waals surface area contributed by atoms with Crippen LogP contribution < -0.4 is 10.0 Å². The highest BCUT2D eigenvalue weighted by molar-refractivity contribution is 9.10.